The molecule has 1 aliphatic heterocycles. The van der Waals surface area contributed by atoms with Gasteiger partial charge in [-0.15, -0.1) is 0 Å². The second kappa shape index (κ2) is 3.00. The SMILES string of the molecule is O=[N+]([O-])N=C1NCCCN1. The summed E-state index contributed by atoms with van der Waals surface area (Å²) in [7, 11) is 0. The van der Waals surface area contributed by atoms with Crippen molar-refractivity contribution in [2.45, 2.75) is 6.42 Å². The zero-order valence-corrected chi connectivity index (χ0v) is 5.33. The molecule has 0 aliphatic carbocycles. The van der Waals surface area contributed by atoms with Gasteiger partial charge >= 0.3 is 0 Å². The van der Waals surface area contributed by atoms with Gasteiger partial charge in [0.25, 0.3) is 5.96 Å². The van der Waals surface area contributed by atoms with E-state index in [4.69, 9.17) is 0 Å². The molecule has 0 aromatic carbocycles. The molecule has 0 spiro atoms. The first-order valence-corrected chi connectivity index (χ1v) is 3.00. The van der Waals surface area contributed by atoms with Crippen LogP contribution in [-0.4, -0.2) is 24.1 Å². The van der Waals surface area contributed by atoms with Crippen LogP contribution in [0, 0.1) is 10.1 Å². The number of nitrogens with zero attached hydrogens (tertiary/aromatic N) is 2. The summed E-state index contributed by atoms with van der Waals surface area (Å²) in [5.41, 5.74) is 0. The Hall–Kier alpha value is -1.33. The van der Waals surface area contributed by atoms with Crippen molar-refractivity contribution in [3.8, 4) is 0 Å². The molecule has 0 bridgehead atoms. The predicted molar refractivity (Wildman–Crippen MR) is 35.1 cm³/mol. The molecule has 0 radical (unpaired) electrons. The topological polar surface area (TPSA) is 79.6 Å². The Bertz CT molecular complexity index is 159. The van der Waals surface area contributed by atoms with E-state index < -0.39 is 5.03 Å². The van der Waals surface area contributed by atoms with Crippen LogP contribution in [0.25, 0.3) is 0 Å². The monoisotopic (exact) mass is 144 g/mol. The smallest absolute Gasteiger partial charge is 0.268 e. The van der Waals surface area contributed by atoms with Gasteiger partial charge in [-0.25, -0.2) is 10.1 Å². The third-order valence-electron chi connectivity index (χ3n) is 1.12. The average Bonchev–Trinajstić information content (AvgIpc) is 1.88. The maximum atomic E-state index is 9.81. The summed E-state index contributed by atoms with van der Waals surface area (Å²) in [5, 5.41) is 17.6. The van der Waals surface area contributed by atoms with Crippen LogP contribution in [0.2, 0.25) is 0 Å². The van der Waals surface area contributed by atoms with Gasteiger partial charge in [0.15, 0.2) is 5.03 Å². The minimum atomic E-state index is -0.722. The number of nitro groups is 1. The van der Waals surface area contributed by atoms with Crippen LogP contribution in [0.15, 0.2) is 5.10 Å². The number of hydrogen-bond donors (Lipinski definition) is 2. The Balaban J connectivity index is 2.45. The normalized spacial score (nSPS) is 17.0. The van der Waals surface area contributed by atoms with Gasteiger partial charge in [-0.05, 0) is 6.42 Å². The molecule has 0 aromatic heterocycles. The Morgan fingerprint density at radius 1 is 1.50 bits per heavy atom. The van der Waals surface area contributed by atoms with Gasteiger partial charge in [-0.3, -0.25) is 0 Å². The molecule has 56 valence electrons. The maximum absolute atomic E-state index is 9.81. The molecule has 6 heteroatoms. The van der Waals surface area contributed by atoms with E-state index in [1.807, 2.05) is 0 Å². The van der Waals surface area contributed by atoms with E-state index in [-0.39, 0.29) is 5.96 Å². The lowest BCUT2D eigenvalue weighted by molar-refractivity contribution is -0.485. The van der Waals surface area contributed by atoms with Crippen molar-refractivity contribution in [2.24, 2.45) is 5.10 Å². The van der Waals surface area contributed by atoms with Crippen molar-refractivity contribution in [3.05, 3.63) is 10.1 Å². The summed E-state index contributed by atoms with van der Waals surface area (Å²) in [6.07, 6.45) is 0.969. The second-order valence-corrected chi connectivity index (χ2v) is 1.89. The Labute approximate surface area is 57.4 Å². The van der Waals surface area contributed by atoms with E-state index in [9.17, 15) is 10.1 Å². The lowest BCUT2D eigenvalue weighted by Gasteiger charge is -2.13. The van der Waals surface area contributed by atoms with Crippen molar-refractivity contribution in [1.82, 2.24) is 10.6 Å². The van der Waals surface area contributed by atoms with Crippen LogP contribution in [0.3, 0.4) is 0 Å². The first-order chi connectivity index (χ1) is 4.79. The largest absolute Gasteiger partial charge is 0.351 e. The molecule has 0 aromatic rings. The van der Waals surface area contributed by atoms with Crippen LogP contribution in [-0.2, 0) is 0 Å². The molecule has 1 saturated heterocycles. The van der Waals surface area contributed by atoms with E-state index in [2.05, 4.69) is 15.7 Å². The summed E-state index contributed by atoms with van der Waals surface area (Å²) in [6.45, 7) is 1.50. The zero-order valence-electron chi connectivity index (χ0n) is 5.33. The average molecular weight is 144 g/mol. The molecule has 0 saturated carbocycles. The zero-order chi connectivity index (χ0) is 7.40. The summed E-state index contributed by atoms with van der Waals surface area (Å²) in [4.78, 5) is 9.81. The van der Waals surface area contributed by atoms with Crippen molar-refractivity contribution >= 4 is 5.96 Å². The van der Waals surface area contributed by atoms with Crippen molar-refractivity contribution in [1.29, 1.82) is 0 Å². The van der Waals surface area contributed by atoms with Crippen molar-refractivity contribution in [2.75, 3.05) is 13.1 Å². The molecule has 1 heterocycles. The molecule has 1 fully saturated rings. The minimum absolute atomic E-state index is 0.260. The number of guanidine groups is 1. The van der Waals surface area contributed by atoms with Gasteiger partial charge < -0.3 is 10.6 Å². The molecular weight excluding hydrogens is 136 g/mol. The highest BCUT2D eigenvalue weighted by atomic mass is 16.7. The van der Waals surface area contributed by atoms with Gasteiger partial charge in [-0.1, -0.05) is 0 Å². The van der Waals surface area contributed by atoms with Gasteiger partial charge in [0, 0.05) is 13.1 Å². The van der Waals surface area contributed by atoms with Crippen LogP contribution in [0.4, 0.5) is 0 Å². The molecule has 2 N–H and O–H groups in total. The molecule has 1 rings (SSSR count). The summed E-state index contributed by atoms with van der Waals surface area (Å²) in [5.74, 6) is 0.260. The molecular formula is C4H8N4O2. The minimum Gasteiger partial charge on any atom is -0.351 e. The fourth-order valence-electron chi connectivity index (χ4n) is 0.717. The maximum Gasteiger partial charge on any atom is 0.268 e. The lowest BCUT2D eigenvalue weighted by Crippen LogP contribution is -2.44. The van der Waals surface area contributed by atoms with Gasteiger partial charge in [0.2, 0.25) is 0 Å². The first-order valence-electron chi connectivity index (χ1n) is 3.00. The molecule has 10 heavy (non-hydrogen) atoms. The number of nitrogens with one attached hydrogen (secondary N) is 2. The van der Waals surface area contributed by atoms with E-state index in [1.165, 1.54) is 0 Å². The van der Waals surface area contributed by atoms with E-state index in [1.54, 1.807) is 0 Å². The van der Waals surface area contributed by atoms with Crippen molar-refractivity contribution in [3.63, 3.8) is 0 Å². The number of hydrogen-bond acceptors (Lipinski definition) is 2. The standard InChI is InChI=1S/C4H8N4O2/c9-8(10)7-4-5-2-1-3-6-4/h1-3H2,(H2,5,6,7). The van der Waals surface area contributed by atoms with E-state index in [0.29, 0.717) is 0 Å². The third-order valence-corrected chi connectivity index (χ3v) is 1.12. The lowest BCUT2D eigenvalue weighted by atomic mass is 10.4. The Kier molecular flexibility index (Phi) is 2.03. The number of hydrazone groups is 1. The molecule has 1 aliphatic rings. The second-order valence-electron chi connectivity index (χ2n) is 1.89. The highest BCUT2D eigenvalue weighted by Gasteiger charge is 2.06. The first kappa shape index (κ1) is 6.79. The van der Waals surface area contributed by atoms with Gasteiger partial charge in [0.05, 0.1) is 0 Å². The third kappa shape index (κ3) is 1.88. The van der Waals surface area contributed by atoms with Crippen LogP contribution in [0.5, 0.6) is 0 Å². The quantitative estimate of drug-likeness (QED) is 0.370. The van der Waals surface area contributed by atoms with Crippen LogP contribution in [0.1, 0.15) is 6.42 Å². The Morgan fingerprint density at radius 3 is 2.60 bits per heavy atom. The predicted octanol–water partition coefficient (Wildman–Crippen LogP) is -0.883. The molecule has 0 atom stereocenters. The van der Waals surface area contributed by atoms with Gasteiger partial charge in [0.1, 0.15) is 5.10 Å². The summed E-state index contributed by atoms with van der Waals surface area (Å²) in [6, 6.07) is 0. The fourth-order valence-corrected chi connectivity index (χ4v) is 0.717. The number of rotatable bonds is 1. The van der Waals surface area contributed by atoms with Gasteiger partial charge in [-0.2, -0.15) is 0 Å². The van der Waals surface area contributed by atoms with E-state index in [0.717, 1.165) is 19.5 Å². The molecule has 0 amide bonds. The highest BCUT2D eigenvalue weighted by Crippen LogP contribution is 1.82. The van der Waals surface area contributed by atoms with Crippen LogP contribution >= 0.6 is 0 Å². The van der Waals surface area contributed by atoms with Crippen molar-refractivity contribution < 1.29 is 5.03 Å². The molecule has 0 unspecified atom stereocenters. The summed E-state index contributed by atoms with van der Waals surface area (Å²) < 4.78 is 0. The van der Waals surface area contributed by atoms with E-state index >= 15 is 0 Å². The highest BCUT2D eigenvalue weighted by molar-refractivity contribution is 5.79. The van der Waals surface area contributed by atoms with Crippen LogP contribution < -0.4 is 10.6 Å². The molecule has 6 nitrogen and oxygen atoms in total. The summed E-state index contributed by atoms with van der Waals surface area (Å²) >= 11 is 0. The Morgan fingerprint density at radius 2 is 2.10 bits per heavy atom. The fraction of sp³-hybridized carbons (Fsp3) is 0.750.